The van der Waals surface area contributed by atoms with Gasteiger partial charge in [-0.15, -0.1) is 12.4 Å². The summed E-state index contributed by atoms with van der Waals surface area (Å²) in [5.41, 5.74) is 3.62. The molecule has 0 spiro atoms. The number of hydrogen-bond donors (Lipinski definition) is 0. The van der Waals surface area contributed by atoms with Crippen LogP contribution < -0.4 is 9.64 Å². The van der Waals surface area contributed by atoms with Crippen molar-refractivity contribution >= 4 is 18.1 Å². The number of hydrogen-bond acceptors (Lipinski definition) is 3. The summed E-state index contributed by atoms with van der Waals surface area (Å²) < 4.78 is 5.58. The lowest BCUT2D eigenvalue weighted by Gasteiger charge is -2.41. The van der Waals surface area contributed by atoms with Gasteiger partial charge < -0.3 is 9.64 Å². The molecule has 2 aliphatic rings. The Hall–Kier alpha value is -0.930. The Morgan fingerprint density at radius 1 is 1.00 bits per heavy atom. The zero-order valence-electron chi connectivity index (χ0n) is 18.5. The average Bonchev–Trinajstić information content (AvgIpc) is 2.74. The monoisotopic (exact) mass is 408 g/mol. The lowest BCUT2D eigenvalue weighted by molar-refractivity contribution is 0.159. The minimum absolute atomic E-state index is 0. The van der Waals surface area contributed by atoms with Gasteiger partial charge >= 0.3 is 0 Å². The first kappa shape index (κ1) is 23.3. The molecule has 0 radical (unpaired) electrons. The quantitative estimate of drug-likeness (QED) is 0.541. The molecule has 160 valence electrons. The second-order valence-electron chi connectivity index (χ2n) is 8.73. The minimum Gasteiger partial charge on any atom is -0.497 e. The van der Waals surface area contributed by atoms with Crippen molar-refractivity contribution < 1.29 is 4.74 Å². The molecular formula is C24H41ClN2O. The molecule has 1 aromatic carbocycles. The van der Waals surface area contributed by atoms with Gasteiger partial charge in [0, 0.05) is 37.9 Å². The third-order valence-electron chi connectivity index (χ3n) is 7.48. The highest BCUT2D eigenvalue weighted by Crippen LogP contribution is 2.48. The fraction of sp³-hybridized carbons (Fsp3) is 0.750. The molecule has 28 heavy (non-hydrogen) atoms. The van der Waals surface area contributed by atoms with Crippen molar-refractivity contribution in [3.05, 3.63) is 23.8 Å². The number of piperazine rings is 1. The maximum atomic E-state index is 5.58. The van der Waals surface area contributed by atoms with E-state index in [-0.39, 0.29) is 12.4 Å². The van der Waals surface area contributed by atoms with Crippen molar-refractivity contribution in [1.82, 2.24) is 4.90 Å². The van der Waals surface area contributed by atoms with Gasteiger partial charge in [-0.05, 0) is 61.6 Å². The molecule has 1 saturated heterocycles. The van der Waals surface area contributed by atoms with Crippen LogP contribution in [-0.2, 0) is 0 Å². The van der Waals surface area contributed by atoms with E-state index in [0.717, 1.165) is 18.8 Å². The molecule has 1 aliphatic heterocycles. The van der Waals surface area contributed by atoms with Crippen molar-refractivity contribution in [1.29, 1.82) is 0 Å². The van der Waals surface area contributed by atoms with E-state index in [4.69, 9.17) is 4.74 Å². The highest BCUT2D eigenvalue weighted by Gasteiger charge is 2.34. The van der Waals surface area contributed by atoms with Crippen LogP contribution in [-0.4, -0.2) is 44.7 Å². The summed E-state index contributed by atoms with van der Waals surface area (Å²) in [5, 5.41) is 0. The standard InChI is InChI=1S/C24H40N2O.ClH/c1-5-14-25-15-17-26(18-16-25)23-19-21(27-4)8-9-22(23)20-10-12-24(6-2,7-3)13-11-20;/h8-9,19-20H,5-7,10-18H2,1-4H3;1H. The van der Waals surface area contributed by atoms with Crippen LogP contribution in [0.4, 0.5) is 5.69 Å². The van der Waals surface area contributed by atoms with Gasteiger partial charge in [0.05, 0.1) is 7.11 Å². The van der Waals surface area contributed by atoms with Crippen LogP contribution in [0.25, 0.3) is 0 Å². The summed E-state index contributed by atoms with van der Waals surface area (Å²) in [6.07, 6.45) is 9.40. The van der Waals surface area contributed by atoms with Gasteiger partial charge in [0.15, 0.2) is 0 Å². The number of rotatable bonds is 7. The molecule has 0 aromatic heterocycles. The minimum atomic E-state index is 0. The summed E-state index contributed by atoms with van der Waals surface area (Å²) in [7, 11) is 1.79. The zero-order valence-corrected chi connectivity index (χ0v) is 19.3. The number of nitrogens with zero attached hydrogens (tertiary/aromatic N) is 2. The Morgan fingerprint density at radius 2 is 1.64 bits per heavy atom. The fourth-order valence-corrected chi connectivity index (χ4v) is 5.30. The molecular weight excluding hydrogens is 368 g/mol. The number of ether oxygens (including phenoxy) is 1. The average molecular weight is 409 g/mol. The fourth-order valence-electron chi connectivity index (χ4n) is 5.30. The van der Waals surface area contributed by atoms with Crippen molar-refractivity contribution in [2.45, 2.75) is 71.6 Å². The maximum Gasteiger partial charge on any atom is 0.120 e. The second-order valence-corrected chi connectivity index (χ2v) is 8.73. The maximum absolute atomic E-state index is 5.58. The molecule has 0 bridgehead atoms. The van der Waals surface area contributed by atoms with Crippen LogP contribution in [0.1, 0.15) is 77.2 Å². The highest BCUT2D eigenvalue weighted by atomic mass is 35.5. The van der Waals surface area contributed by atoms with Crippen LogP contribution in [0, 0.1) is 5.41 Å². The van der Waals surface area contributed by atoms with Gasteiger partial charge in [-0.2, -0.15) is 0 Å². The first-order valence-electron chi connectivity index (χ1n) is 11.3. The Morgan fingerprint density at radius 3 is 2.18 bits per heavy atom. The Bertz CT molecular complexity index is 584. The first-order valence-corrected chi connectivity index (χ1v) is 11.3. The summed E-state index contributed by atoms with van der Waals surface area (Å²) in [4.78, 5) is 5.22. The Labute approximate surface area is 179 Å². The molecule has 3 rings (SSSR count). The van der Waals surface area contributed by atoms with Gasteiger partial charge in [-0.3, -0.25) is 4.90 Å². The summed E-state index contributed by atoms with van der Waals surface area (Å²) in [6, 6.07) is 6.84. The number of methoxy groups -OCH3 is 1. The predicted molar refractivity (Wildman–Crippen MR) is 123 cm³/mol. The van der Waals surface area contributed by atoms with E-state index in [1.165, 1.54) is 70.3 Å². The van der Waals surface area contributed by atoms with E-state index in [0.29, 0.717) is 11.3 Å². The smallest absolute Gasteiger partial charge is 0.120 e. The Balaban J connectivity index is 0.00000280. The lowest BCUT2D eigenvalue weighted by Crippen LogP contribution is -2.47. The number of anilines is 1. The zero-order chi connectivity index (χ0) is 19.3. The van der Waals surface area contributed by atoms with Gasteiger partial charge in [-0.1, -0.05) is 39.7 Å². The van der Waals surface area contributed by atoms with Crippen LogP contribution in [0.5, 0.6) is 5.75 Å². The predicted octanol–water partition coefficient (Wildman–Crippen LogP) is 6.11. The highest BCUT2D eigenvalue weighted by molar-refractivity contribution is 5.85. The first-order chi connectivity index (χ1) is 13.1. The molecule has 0 unspecified atom stereocenters. The van der Waals surface area contributed by atoms with E-state index in [9.17, 15) is 0 Å². The van der Waals surface area contributed by atoms with Gasteiger partial charge in [-0.25, -0.2) is 0 Å². The van der Waals surface area contributed by atoms with Crippen LogP contribution >= 0.6 is 12.4 Å². The van der Waals surface area contributed by atoms with Crippen molar-refractivity contribution in [2.75, 3.05) is 44.7 Å². The summed E-state index contributed by atoms with van der Waals surface area (Å²) in [6.45, 7) is 12.9. The largest absolute Gasteiger partial charge is 0.497 e. The number of benzene rings is 1. The molecule has 1 saturated carbocycles. The summed E-state index contributed by atoms with van der Waals surface area (Å²) in [5.74, 6) is 1.71. The molecule has 1 heterocycles. The van der Waals surface area contributed by atoms with Crippen LogP contribution in [0.15, 0.2) is 18.2 Å². The number of halogens is 1. The van der Waals surface area contributed by atoms with Crippen molar-refractivity contribution in [2.24, 2.45) is 5.41 Å². The third kappa shape index (κ3) is 5.16. The van der Waals surface area contributed by atoms with E-state index < -0.39 is 0 Å². The molecule has 0 N–H and O–H groups in total. The van der Waals surface area contributed by atoms with Gasteiger partial charge in [0.1, 0.15) is 5.75 Å². The molecule has 2 fully saturated rings. The van der Waals surface area contributed by atoms with Crippen molar-refractivity contribution in [3.63, 3.8) is 0 Å². The summed E-state index contributed by atoms with van der Waals surface area (Å²) >= 11 is 0. The molecule has 4 heteroatoms. The van der Waals surface area contributed by atoms with E-state index >= 15 is 0 Å². The van der Waals surface area contributed by atoms with E-state index in [1.54, 1.807) is 12.7 Å². The Kier molecular flexibility index (Phi) is 8.95. The SMILES string of the molecule is CCCN1CCN(c2cc(OC)ccc2C2CCC(CC)(CC)CC2)CC1.Cl. The molecule has 1 aliphatic carbocycles. The lowest BCUT2D eigenvalue weighted by atomic mass is 9.66. The molecule has 3 nitrogen and oxygen atoms in total. The van der Waals surface area contributed by atoms with Gasteiger partial charge in [0.2, 0.25) is 0 Å². The topological polar surface area (TPSA) is 15.7 Å². The van der Waals surface area contributed by atoms with Crippen LogP contribution in [0.2, 0.25) is 0 Å². The van der Waals surface area contributed by atoms with Crippen molar-refractivity contribution in [3.8, 4) is 5.75 Å². The third-order valence-corrected chi connectivity index (χ3v) is 7.48. The molecule has 0 amide bonds. The second kappa shape index (κ2) is 10.7. The van der Waals surface area contributed by atoms with Crippen LogP contribution in [0.3, 0.4) is 0 Å². The molecule has 1 aromatic rings. The molecule has 0 atom stereocenters. The van der Waals surface area contributed by atoms with E-state index in [2.05, 4.69) is 48.8 Å². The van der Waals surface area contributed by atoms with E-state index in [1.807, 2.05) is 0 Å². The normalized spacial score (nSPS) is 20.6. The van der Waals surface area contributed by atoms with Gasteiger partial charge in [0.25, 0.3) is 0 Å².